The summed E-state index contributed by atoms with van der Waals surface area (Å²) in [6.07, 6.45) is 5.32. The van der Waals surface area contributed by atoms with Gasteiger partial charge in [-0.1, -0.05) is 23.7 Å². The van der Waals surface area contributed by atoms with Gasteiger partial charge in [-0.05, 0) is 49.8 Å². The van der Waals surface area contributed by atoms with Crippen LogP contribution in [0.5, 0.6) is 0 Å². The van der Waals surface area contributed by atoms with Crippen molar-refractivity contribution in [1.82, 2.24) is 9.55 Å². The number of nitrogens with zero attached hydrogens (tertiary/aromatic N) is 3. The maximum atomic E-state index is 13.4. The lowest BCUT2D eigenvalue weighted by Gasteiger charge is -2.14. The molecule has 0 spiro atoms. The van der Waals surface area contributed by atoms with Crippen molar-refractivity contribution < 1.29 is 0 Å². The minimum Gasteiger partial charge on any atom is -0.292 e. The van der Waals surface area contributed by atoms with Gasteiger partial charge in [-0.15, -0.1) is 11.3 Å². The van der Waals surface area contributed by atoms with E-state index in [1.807, 2.05) is 24.3 Å². The van der Waals surface area contributed by atoms with Crippen molar-refractivity contribution in [3.63, 3.8) is 0 Å². The van der Waals surface area contributed by atoms with Gasteiger partial charge in [-0.2, -0.15) is 5.26 Å². The fourth-order valence-corrected chi connectivity index (χ4v) is 5.08. The number of nitriles is 1. The molecule has 1 aliphatic carbocycles. The molecule has 0 saturated carbocycles. The summed E-state index contributed by atoms with van der Waals surface area (Å²) in [5.41, 5.74) is 1.95. The number of benzene rings is 1. The Hall–Kier alpha value is -2.16. The Morgan fingerprint density at radius 3 is 2.88 bits per heavy atom. The lowest BCUT2D eigenvalue weighted by molar-refractivity contribution is 0.633. The molecule has 6 heteroatoms. The Balaban J connectivity index is 1.97. The first-order valence-corrected chi connectivity index (χ1v) is 10.1. The largest absolute Gasteiger partial charge is 0.292 e. The summed E-state index contributed by atoms with van der Waals surface area (Å²) in [5.74, 6) is 0.602. The maximum Gasteiger partial charge on any atom is 0.262 e. The topological polar surface area (TPSA) is 58.7 Å². The van der Waals surface area contributed by atoms with Gasteiger partial charge < -0.3 is 0 Å². The SMILES string of the molecule is N#CCCCn1c(-c2ccccc2Cl)nc2sc3c(c2c1=O)CCCC3. The van der Waals surface area contributed by atoms with E-state index < -0.39 is 0 Å². The van der Waals surface area contributed by atoms with E-state index in [9.17, 15) is 4.79 Å². The van der Waals surface area contributed by atoms with Crippen LogP contribution in [-0.2, 0) is 19.4 Å². The summed E-state index contributed by atoms with van der Waals surface area (Å²) in [6, 6.07) is 9.62. The average molecular weight is 384 g/mol. The summed E-state index contributed by atoms with van der Waals surface area (Å²) < 4.78 is 1.71. The van der Waals surface area contributed by atoms with Crippen molar-refractivity contribution in [3.8, 4) is 17.5 Å². The molecular formula is C20H18ClN3OS. The van der Waals surface area contributed by atoms with E-state index in [-0.39, 0.29) is 5.56 Å². The lowest BCUT2D eigenvalue weighted by atomic mass is 9.97. The monoisotopic (exact) mass is 383 g/mol. The molecule has 0 fully saturated rings. The summed E-state index contributed by atoms with van der Waals surface area (Å²) >= 11 is 8.04. The molecule has 26 heavy (non-hydrogen) atoms. The molecule has 0 N–H and O–H groups in total. The molecule has 3 aromatic rings. The number of hydrogen-bond acceptors (Lipinski definition) is 4. The van der Waals surface area contributed by atoms with Crippen LogP contribution in [0.4, 0.5) is 0 Å². The molecule has 1 aromatic carbocycles. The van der Waals surface area contributed by atoms with Gasteiger partial charge in [0.2, 0.25) is 0 Å². The van der Waals surface area contributed by atoms with Crippen molar-refractivity contribution in [2.24, 2.45) is 0 Å². The Bertz CT molecular complexity index is 1080. The first-order valence-electron chi connectivity index (χ1n) is 8.87. The molecular weight excluding hydrogens is 366 g/mol. The third kappa shape index (κ3) is 2.94. The number of halogens is 1. The highest BCUT2D eigenvalue weighted by molar-refractivity contribution is 7.18. The molecule has 0 atom stereocenters. The fraction of sp³-hybridized carbons (Fsp3) is 0.350. The van der Waals surface area contributed by atoms with E-state index in [2.05, 4.69) is 6.07 Å². The Kier molecular flexibility index (Phi) is 4.80. The molecule has 0 aliphatic heterocycles. The normalized spacial score (nSPS) is 13.5. The Morgan fingerprint density at radius 1 is 1.27 bits per heavy atom. The number of rotatable bonds is 4. The van der Waals surface area contributed by atoms with Crippen molar-refractivity contribution in [3.05, 3.63) is 50.1 Å². The smallest absolute Gasteiger partial charge is 0.262 e. The molecule has 4 rings (SSSR count). The summed E-state index contributed by atoms with van der Waals surface area (Å²) in [4.78, 5) is 20.3. The van der Waals surface area contributed by atoms with E-state index >= 15 is 0 Å². The third-order valence-corrected chi connectivity index (χ3v) is 6.38. The molecule has 0 bridgehead atoms. The van der Waals surface area contributed by atoms with Gasteiger partial charge >= 0.3 is 0 Å². The van der Waals surface area contributed by atoms with Gasteiger partial charge in [0.25, 0.3) is 5.56 Å². The van der Waals surface area contributed by atoms with Gasteiger partial charge in [0.15, 0.2) is 0 Å². The van der Waals surface area contributed by atoms with Crippen molar-refractivity contribution >= 4 is 33.2 Å². The van der Waals surface area contributed by atoms with E-state index in [1.165, 1.54) is 16.9 Å². The fourth-order valence-electron chi connectivity index (χ4n) is 3.61. The first-order chi connectivity index (χ1) is 12.7. The van der Waals surface area contributed by atoms with Crippen LogP contribution in [0.3, 0.4) is 0 Å². The van der Waals surface area contributed by atoms with Crippen LogP contribution in [0.2, 0.25) is 5.02 Å². The van der Waals surface area contributed by atoms with E-state index in [0.29, 0.717) is 30.2 Å². The minimum absolute atomic E-state index is 0.00209. The van der Waals surface area contributed by atoms with Gasteiger partial charge in [0, 0.05) is 23.4 Å². The summed E-state index contributed by atoms with van der Waals surface area (Å²) in [6.45, 7) is 0.473. The van der Waals surface area contributed by atoms with E-state index in [4.69, 9.17) is 21.8 Å². The van der Waals surface area contributed by atoms with E-state index in [0.717, 1.165) is 35.0 Å². The second kappa shape index (κ2) is 7.22. The maximum absolute atomic E-state index is 13.4. The highest BCUT2D eigenvalue weighted by atomic mass is 35.5. The highest BCUT2D eigenvalue weighted by Gasteiger charge is 2.23. The van der Waals surface area contributed by atoms with Crippen LogP contribution in [-0.4, -0.2) is 9.55 Å². The summed E-state index contributed by atoms with van der Waals surface area (Å²) in [7, 11) is 0. The second-order valence-electron chi connectivity index (χ2n) is 6.52. The zero-order valence-corrected chi connectivity index (χ0v) is 15.9. The minimum atomic E-state index is 0.00209. The predicted molar refractivity (Wildman–Crippen MR) is 106 cm³/mol. The number of thiophene rings is 1. The van der Waals surface area contributed by atoms with Gasteiger partial charge in [0.1, 0.15) is 10.7 Å². The number of fused-ring (bicyclic) bond motifs is 3. The molecule has 0 radical (unpaired) electrons. The quantitative estimate of drug-likeness (QED) is 0.598. The molecule has 0 unspecified atom stereocenters. The average Bonchev–Trinajstić information content (AvgIpc) is 3.02. The molecule has 4 nitrogen and oxygen atoms in total. The Labute approximate surface area is 160 Å². The number of aryl methyl sites for hydroxylation is 2. The molecule has 2 heterocycles. The number of aromatic nitrogens is 2. The van der Waals surface area contributed by atoms with E-state index in [1.54, 1.807) is 15.9 Å². The molecule has 1 aliphatic rings. The van der Waals surface area contributed by atoms with Crippen LogP contribution < -0.4 is 5.56 Å². The predicted octanol–water partition coefficient (Wildman–Crippen LogP) is 4.96. The van der Waals surface area contributed by atoms with Gasteiger partial charge in [-0.3, -0.25) is 9.36 Å². The number of hydrogen-bond donors (Lipinski definition) is 0. The summed E-state index contributed by atoms with van der Waals surface area (Å²) in [5, 5.41) is 10.2. The van der Waals surface area contributed by atoms with Crippen LogP contribution in [0.1, 0.15) is 36.1 Å². The van der Waals surface area contributed by atoms with Gasteiger partial charge in [-0.25, -0.2) is 4.98 Å². The number of unbranched alkanes of at least 4 members (excludes halogenated alkanes) is 1. The molecule has 0 saturated heterocycles. The zero-order valence-electron chi connectivity index (χ0n) is 14.3. The molecule has 0 amide bonds. The van der Waals surface area contributed by atoms with Crippen molar-refractivity contribution in [2.45, 2.75) is 45.1 Å². The van der Waals surface area contributed by atoms with Crippen LogP contribution >= 0.6 is 22.9 Å². The first kappa shape index (κ1) is 17.3. The zero-order chi connectivity index (χ0) is 18.1. The lowest BCUT2D eigenvalue weighted by Crippen LogP contribution is -2.24. The van der Waals surface area contributed by atoms with Crippen LogP contribution in [0.25, 0.3) is 21.6 Å². The third-order valence-electron chi connectivity index (χ3n) is 4.86. The van der Waals surface area contributed by atoms with Crippen LogP contribution in [0, 0.1) is 11.3 Å². The van der Waals surface area contributed by atoms with Crippen molar-refractivity contribution in [2.75, 3.05) is 0 Å². The van der Waals surface area contributed by atoms with Crippen molar-refractivity contribution in [1.29, 1.82) is 5.26 Å². The van der Waals surface area contributed by atoms with Crippen LogP contribution in [0.15, 0.2) is 29.1 Å². The second-order valence-corrected chi connectivity index (χ2v) is 8.02. The highest BCUT2D eigenvalue weighted by Crippen LogP contribution is 2.35. The van der Waals surface area contributed by atoms with Gasteiger partial charge in [0.05, 0.1) is 16.5 Å². The molecule has 2 aromatic heterocycles. The molecule has 132 valence electrons. The standard InChI is InChI=1S/C20H18ClN3OS/c21-15-9-3-1-7-13(15)18-23-19-17(14-8-2-4-10-16(14)26-19)20(25)24(18)12-6-5-11-22/h1,3,7,9H,2,4-6,8,10,12H2. The Morgan fingerprint density at radius 2 is 2.08 bits per heavy atom.